The van der Waals surface area contributed by atoms with E-state index in [1.807, 2.05) is 66.7 Å². The molecule has 0 amide bonds. The molecule has 0 atom stereocenters. The van der Waals surface area contributed by atoms with E-state index >= 15 is 0 Å². The Hall–Kier alpha value is -6.07. The van der Waals surface area contributed by atoms with Crippen molar-refractivity contribution in [1.82, 2.24) is 24.9 Å². The highest BCUT2D eigenvalue weighted by Gasteiger charge is 2.16. The van der Waals surface area contributed by atoms with Gasteiger partial charge in [0, 0.05) is 28.5 Å². The quantitative estimate of drug-likeness (QED) is 0.195. The molecule has 0 saturated heterocycles. The third kappa shape index (κ3) is 4.76. The summed E-state index contributed by atoms with van der Waals surface area (Å²) in [5.41, 5.74) is 6.72. The second-order valence-corrected chi connectivity index (χ2v) is 10.6. The Morgan fingerprint density at radius 3 is 1.59 bits per heavy atom. The third-order valence-electron chi connectivity index (χ3n) is 7.85. The molecular weight excluding hydrogens is 538 g/mol. The van der Waals surface area contributed by atoms with Crippen LogP contribution < -0.4 is 0 Å². The van der Waals surface area contributed by atoms with Gasteiger partial charge < -0.3 is 0 Å². The van der Waals surface area contributed by atoms with E-state index in [0.717, 1.165) is 39.1 Å². The first-order chi connectivity index (χ1) is 21.8. The highest BCUT2D eigenvalue weighted by molar-refractivity contribution is 6.14. The highest BCUT2D eigenvalue weighted by Crippen LogP contribution is 2.38. The lowest BCUT2D eigenvalue weighted by Gasteiger charge is -2.14. The Morgan fingerprint density at radius 2 is 0.932 bits per heavy atom. The van der Waals surface area contributed by atoms with Crippen LogP contribution in [-0.4, -0.2) is 24.9 Å². The molecule has 0 saturated carbocycles. The minimum Gasteiger partial charge on any atom is -0.245 e. The van der Waals surface area contributed by atoms with E-state index in [1.54, 1.807) is 12.5 Å². The van der Waals surface area contributed by atoms with Crippen LogP contribution in [0.1, 0.15) is 0 Å². The number of hydrogen-bond donors (Lipinski definition) is 0. The lowest BCUT2D eigenvalue weighted by atomic mass is 9.91. The Labute approximate surface area is 254 Å². The molecule has 0 unspecified atom stereocenters. The van der Waals surface area contributed by atoms with Gasteiger partial charge in [-0.15, -0.1) is 0 Å². The van der Waals surface area contributed by atoms with E-state index in [4.69, 9.17) is 15.0 Å². The first-order valence-electron chi connectivity index (χ1n) is 14.5. The molecule has 0 aliphatic heterocycles. The van der Waals surface area contributed by atoms with E-state index in [-0.39, 0.29) is 0 Å². The average Bonchev–Trinajstić information content (AvgIpc) is 3.12. The summed E-state index contributed by atoms with van der Waals surface area (Å²) in [6, 6.07) is 47.9. The maximum Gasteiger partial charge on any atom is 0.164 e. The molecule has 8 aromatic rings. The standard InChI is InChI=1S/C39H25N5/c1-3-11-26(12-4-1)37-42-38(27-13-5-2-6-14-27)44-39(43-37)31-22-29(21-30(23-31)36-19-20-40-25-41-36)35-24-28-15-7-8-16-32(28)33-17-9-10-18-34(33)35/h1-25H. The van der Waals surface area contributed by atoms with Crippen molar-refractivity contribution in [2.45, 2.75) is 0 Å². The molecule has 5 nitrogen and oxygen atoms in total. The number of fused-ring (bicyclic) bond motifs is 3. The van der Waals surface area contributed by atoms with Crippen molar-refractivity contribution >= 4 is 21.5 Å². The Morgan fingerprint density at radius 1 is 0.386 bits per heavy atom. The summed E-state index contributed by atoms with van der Waals surface area (Å²) < 4.78 is 0. The van der Waals surface area contributed by atoms with Crippen molar-refractivity contribution in [1.29, 1.82) is 0 Å². The van der Waals surface area contributed by atoms with E-state index in [1.165, 1.54) is 21.5 Å². The van der Waals surface area contributed by atoms with Gasteiger partial charge in [-0.2, -0.15) is 0 Å². The van der Waals surface area contributed by atoms with Crippen LogP contribution in [0.15, 0.2) is 152 Å². The minimum absolute atomic E-state index is 0.597. The van der Waals surface area contributed by atoms with Gasteiger partial charge in [-0.3, -0.25) is 0 Å². The van der Waals surface area contributed by atoms with Crippen LogP contribution in [0.5, 0.6) is 0 Å². The summed E-state index contributed by atoms with van der Waals surface area (Å²) in [5.74, 6) is 1.85. The molecule has 2 aromatic heterocycles. The number of aromatic nitrogens is 5. The molecular formula is C39H25N5. The fourth-order valence-corrected chi connectivity index (χ4v) is 5.75. The average molecular weight is 564 g/mol. The molecule has 8 rings (SSSR count). The highest BCUT2D eigenvalue weighted by atomic mass is 15.0. The van der Waals surface area contributed by atoms with Crippen molar-refractivity contribution in [3.8, 4) is 56.5 Å². The zero-order valence-electron chi connectivity index (χ0n) is 23.7. The van der Waals surface area contributed by atoms with Gasteiger partial charge >= 0.3 is 0 Å². The molecule has 0 N–H and O–H groups in total. The maximum atomic E-state index is 5.03. The van der Waals surface area contributed by atoms with Crippen LogP contribution in [-0.2, 0) is 0 Å². The van der Waals surface area contributed by atoms with E-state index < -0.39 is 0 Å². The summed E-state index contributed by atoms with van der Waals surface area (Å²) in [6.45, 7) is 0. The summed E-state index contributed by atoms with van der Waals surface area (Å²) >= 11 is 0. The maximum absolute atomic E-state index is 5.03. The molecule has 206 valence electrons. The molecule has 0 bridgehead atoms. The molecule has 2 heterocycles. The largest absolute Gasteiger partial charge is 0.245 e. The molecule has 0 fully saturated rings. The fraction of sp³-hybridized carbons (Fsp3) is 0. The van der Waals surface area contributed by atoms with Crippen molar-refractivity contribution in [3.63, 3.8) is 0 Å². The second kappa shape index (κ2) is 11.0. The predicted molar refractivity (Wildman–Crippen MR) is 178 cm³/mol. The van der Waals surface area contributed by atoms with E-state index in [0.29, 0.717) is 17.5 Å². The lowest BCUT2D eigenvalue weighted by Crippen LogP contribution is -2.00. The molecule has 0 aliphatic carbocycles. The van der Waals surface area contributed by atoms with Crippen LogP contribution in [0, 0.1) is 0 Å². The zero-order valence-corrected chi connectivity index (χ0v) is 23.7. The van der Waals surface area contributed by atoms with Crippen LogP contribution in [0.4, 0.5) is 0 Å². The van der Waals surface area contributed by atoms with Gasteiger partial charge in [0.1, 0.15) is 6.33 Å². The Kier molecular flexibility index (Phi) is 6.39. The van der Waals surface area contributed by atoms with Crippen LogP contribution in [0.2, 0.25) is 0 Å². The van der Waals surface area contributed by atoms with Gasteiger partial charge in [0.15, 0.2) is 17.5 Å². The summed E-state index contributed by atoms with van der Waals surface area (Å²) in [5, 5.41) is 4.82. The van der Waals surface area contributed by atoms with Crippen molar-refractivity contribution in [2.24, 2.45) is 0 Å². The first kappa shape index (κ1) is 25.6. The zero-order chi connectivity index (χ0) is 29.3. The van der Waals surface area contributed by atoms with E-state index in [9.17, 15) is 0 Å². The van der Waals surface area contributed by atoms with Gasteiger partial charge in [0.25, 0.3) is 0 Å². The Bertz CT molecular complexity index is 2210. The minimum atomic E-state index is 0.597. The fourth-order valence-electron chi connectivity index (χ4n) is 5.75. The molecule has 0 aliphatic rings. The normalized spacial score (nSPS) is 11.2. The van der Waals surface area contributed by atoms with Gasteiger partial charge in [-0.25, -0.2) is 24.9 Å². The van der Waals surface area contributed by atoms with E-state index in [2.05, 4.69) is 82.8 Å². The van der Waals surface area contributed by atoms with Crippen molar-refractivity contribution in [2.75, 3.05) is 0 Å². The number of benzene rings is 6. The molecule has 5 heteroatoms. The number of nitrogens with zero attached hydrogens (tertiary/aromatic N) is 5. The second-order valence-electron chi connectivity index (χ2n) is 10.6. The number of hydrogen-bond acceptors (Lipinski definition) is 5. The summed E-state index contributed by atoms with van der Waals surface area (Å²) in [4.78, 5) is 23.7. The van der Waals surface area contributed by atoms with Crippen molar-refractivity contribution in [3.05, 3.63) is 152 Å². The van der Waals surface area contributed by atoms with Crippen LogP contribution in [0.3, 0.4) is 0 Å². The summed E-state index contributed by atoms with van der Waals surface area (Å²) in [7, 11) is 0. The van der Waals surface area contributed by atoms with Gasteiger partial charge in [0.05, 0.1) is 5.69 Å². The molecule has 0 spiro atoms. The van der Waals surface area contributed by atoms with Gasteiger partial charge in [0.2, 0.25) is 0 Å². The monoisotopic (exact) mass is 563 g/mol. The predicted octanol–water partition coefficient (Wildman–Crippen LogP) is 9.30. The molecule has 0 radical (unpaired) electrons. The lowest BCUT2D eigenvalue weighted by molar-refractivity contribution is 1.07. The Balaban J connectivity index is 1.41. The number of rotatable bonds is 5. The van der Waals surface area contributed by atoms with Crippen molar-refractivity contribution < 1.29 is 0 Å². The molecule has 44 heavy (non-hydrogen) atoms. The SMILES string of the molecule is c1ccc(-c2nc(-c3ccccc3)nc(-c3cc(-c4ccncn4)cc(-c4cc5ccccc5c5ccccc45)c3)n2)cc1. The summed E-state index contributed by atoms with van der Waals surface area (Å²) in [6.07, 6.45) is 3.35. The third-order valence-corrected chi connectivity index (χ3v) is 7.85. The first-order valence-corrected chi connectivity index (χ1v) is 14.5. The topological polar surface area (TPSA) is 64.5 Å². The smallest absolute Gasteiger partial charge is 0.164 e. The van der Waals surface area contributed by atoms with Gasteiger partial charge in [-0.05, 0) is 63.0 Å². The molecule has 6 aromatic carbocycles. The van der Waals surface area contributed by atoms with Crippen LogP contribution >= 0.6 is 0 Å². The van der Waals surface area contributed by atoms with Crippen LogP contribution in [0.25, 0.3) is 78.1 Å². The van der Waals surface area contributed by atoms with Gasteiger partial charge in [-0.1, -0.05) is 109 Å².